The molecule has 0 saturated carbocycles. The number of benzene rings is 3. The lowest BCUT2D eigenvalue weighted by molar-refractivity contribution is -0.128. The van der Waals surface area contributed by atoms with Crippen molar-refractivity contribution in [3.8, 4) is 5.75 Å². The van der Waals surface area contributed by atoms with Crippen LogP contribution in [-0.4, -0.2) is 18.4 Å². The highest BCUT2D eigenvalue weighted by molar-refractivity contribution is 9.11. The molecule has 3 rings (SSSR count). The van der Waals surface area contributed by atoms with E-state index in [4.69, 9.17) is 4.74 Å². The van der Waals surface area contributed by atoms with Gasteiger partial charge in [0.05, 0.1) is 4.47 Å². The molecule has 7 heteroatoms. The number of hydrogen-bond donors (Lipinski definition) is 2. The lowest BCUT2D eigenvalue weighted by Crippen LogP contribution is -2.43. The molecule has 0 aliphatic heterocycles. The van der Waals surface area contributed by atoms with Gasteiger partial charge in [0, 0.05) is 10.5 Å². The molecule has 2 N–H and O–H groups in total. The standard InChI is InChI=1S/C22H18Br2N2O3/c1-14-2-4-15(5-3-14)6-11-20(27)25-26-21(28)13-29-19-10-7-16-12-17(23)8-9-18(16)22(19)24/h2-12H,13H2,1H3,(H,25,27)(H,26,28). The van der Waals surface area contributed by atoms with Gasteiger partial charge in [-0.3, -0.25) is 20.4 Å². The van der Waals surface area contributed by atoms with Gasteiger partial charge in [0.25, 0.3) is 11.8 Å². The maximum Gasteiger partial charge on any atom is 0.276 e. The van der Waals surface area contributed by atoms with E-state index in [-0.39, 0.29) is 6.61 Å². The van der Waals surface area contributed by atoms with E-state index < -0.39 is 11.8 Å². The Balaban J connectivity index is 1.50. The molecular weight excluding hydrogens is 500 g/mol. The fourth-order valence-corrected chi connectivity index (χ4v) is 3.54. The van der Waals surface area contributed by atoms with Crippen LogP contribution in [0.2, 0.25) is 0 Å². The van der Waals surface area contributed by atoms with E-state index in [1.807, 2.05) is 55.5 Å². The van der Waals surface area contributed by atoms with E-state index in [1.54, 1.807) is 12.1 Å². The number of ether oxygens (including phenoxy) is 1. The lowest BCUT2D eigenvalue weighted by atomic mass is 10.1. The van der Waals surface area contributed by atoms with E-state index in [1.165, 1.54) is 6.08 Å². The van der Waals surface area contributed by atoms with Crippen molar-refractivity contribution in [3.63, 3.8) is 0 Å². The van der Waals surface area contributed by atoms with Gasteiger partial charge in [0.15, 0.2) is 6.61 Å². The van der Waals surface area contributed by atoms with Gasteiger partial charge < -0.3 is 4.74 Å². The van der Waals surface area contributed by atoms with E-state index in [9.17, 15) is 9.59 Å². The number of amides is 2. The van der Waals surface area contributed by atoms with Crippen molar-refractivity contribution < 1.29 is 14.3 Å². The smallest absolute Gasteiger partial charge is 0.276 e. The number of nitrogens with one attached hydrogen (secondary N) is 2. The fraction of sp³-hybridized carbons (Fsp3) is 0.0909. The zero-order chi connectivity index (χ0) is 20.8. The Labute approximate surface area is 185 Å². The molecule has 0 heterocycles. The number of rotatable bonds is 5. The zero-order valence-corrected chi connectivity index (χ0v) is 18.7. The molecule has 0 aliphatic carbocycles. The molecule has 0 unspecified atom stereocenters. The van der Waals surface area contributed by atoms with Crippen molar-refractivity contribution >= 4 is 60.5 Å². The Morgan fingerprint density at radius 3 is 2.52 bits per heavy atom. The van der Waals surface area contributed by atoms with Crippen LogP contribution in [0, 0.1) is 6.92 Å². The van der Waals surface area contributed by atoms with E-state index in [2.05, 4.69) is 42.7 Å². The maximum atomic E-state index is 12.0. The highest BCUT2D eigenvalue weighted by atomic mass is 79.9. The zero-order valence-electron chi connectivity index (χ0n) is 15.5. The number of carbonyl (C=O) groups excluding carboxylic acids is 2. The van der Waals surface area contributed by atoms with Crippen LogP contribution in [-0.2, 0) is 9.59 Å². The molecule has 0 saturated heterocycles. The molecule has 3 aromatic rings. The van der Waals surface area contributed by atoms with E-state index in [0.717, 1.165) is 30.8 Å². The summed E-state index contributed by atoms with van der Waals surface area (Å²) in [6.45, 7) is 1.76. The summed E-state index contributed by atoms with van der Waals surface area (Å²) in [5, 5.41) is 2.01. The maximum absolute atomic E-state index is 12.0. The third-order valence-corrected chi connectivity index (χ3v) is 5.38. The molecule has 0 aromatic heterocycles. The minimum atomic E-state index is -0.468. The monoisotopic (exact) mass is 516 g/mol. The molecule has 0 spiro atoms. The number of halogens is 2. The Hall–Kier alpha value is -2.64. The van der Waals surface area contributed by atoms with Crippen molar-refractivity contribution in [1.29, 1.82) is 0 Å². The van der Waals surface area contributed by atoms with Crippen LogP contribution in [0.4, 0.5) is 0 Å². The van der Waals surface area contributed by atoms with Crippen LogP contribution in [0.25, 0.3) is 16.8 Å². The second-order valence-electron chi connectivity index (χ2n) is 6.31. The summed E-state index contributed by atoms with van der Waals surface area (Å²) in [6.07, 6.45) is 3.02. The quantitative estimate of drug-likeness (QED) is 0.373. The molecule has 5 nitrogen and oxygen atoms in total. The Kier molecular flexibility index (Phi) is 7.06. The molecule has 0 atom stereocenters. The van der Waals surface area contributed by atoms with Gasteiger partial charge in [-0.1, -0.05) is 57.9 Å². The average molecular weight is 518 g/mol. The van der Waals surface area contributed by atoms with Crippen molar-refractivity contribution in [2.45, 2.75) is 6.92 Å². The first kappa shape index (κ1) is 21.1. The first-order valence-electron chi connectivity index (χ1n) is 8.76. The van der Waals surface area contributed by atoms with E-state index >= 15 is 0 Å². The minimum Gasteiger partial charge on any atom is -0.483 e. The summed E-state index contributed by atoms with van der Waals surface area (Å²) in [6, 6.07) is 17.3. The van der Waals surface area contributed by atoms with Crippen LogP contribution >= 0.6 is 31.9 Å². The molecule has 0 aliphatic rings. The number of hydrazine groups is 1. The SMILES string of the molecule is Cc1ccc(C=CC(=O)NNC(=O)COc2ccc3cc(Br)ccc3c2Br)cc1. The van der Waals surface area contributed by atoms with Crippen LogP contribution in [0.15, 0.2) is 69.6 Å². The van der Waals surface area contributed by atoms with Crippen LogP contribution in [0.5, 0.6) is 5.75 Å². The van der Waals surface area contributed by atoms with Crippen molar-refractivity contribution in [2.75, 3.05) is 6.61 Å². The molecule has 2 amide bonds. The number of carbonyl (C=O) groups is 2. The summed E-state index contributed by atoms with van der Waals surface area (Å²) in [5.41, 5.74) is 6.69. The Morgan fingerprint density at radius 2 is 1.76 bits per heavy atom. The van der Waals surface area contributed by atoms with Crippen molar-refractivity contribution in [1.82, 2.24) is 10.9 Å². The Morgan fingerprint density at radius 1 is 1.00 bits per heavy atom. The minimum absolute atomic E-state index is 0.234. The summed E-state index contributed by atoms with van der Waals surface area (Å²) in [4.78, 5) is 23.8. The number of hydrogen-bond acceptors (Lipinski definition) is 3. The molecule has 0 fully saturated rings. The van der Waals surface area contributed by atoms with Gasteiger partial charge in [-0.25, -0.2) is 0 Å². The third kappa shape index (κ3) is 5.92. The van der Waals surface area contributed by atoms with Gasteiger partial charge in [-0.2, -0.15) is 0 Å². The van der Waals surface area contributed by atoms with Gasteiger partial charge in [-0.05, 0) is 63.5 Å². The molecule has 0 radical (unpaired) electrons. The largest absolute Gasteiger partial charge is 0.483 e. The first-order valence-corrected chi connectivity index (χ1v) is 10.3. The highest BCUT2D eigenvalue weighted by Crippen LogP contribution is 2.34. The lowest BCUT2D eigenvalue weighted by Gasteiger charge is -2.11. The average Bonchev–Trinajstić information content (AvgIpc) is 2.71. The highest BCUT2D eigenvalue weighted by Gasteiger charge is 2.09. The third-order valence-electron chi connectivity index (χ3n) is 4.07. The van der Waals surface area contributed by atoms with Crippen LogP contribution in [0.3, 0.4) is 0 Å². The normalized spacial score (nSPS) is 10.9. The molecule has 29 heavy (non-hydrogen) atoms. The molecular formula is C22H18Br2N2O3. The van der Waals surface area contributed by atoms with Crippen molar-refractivity contribution in [3.05, 3.63) is 80.7 Å². The first-order chi connectivity index (χ1) is 13.9. The van der Waals surface area contributed by atoms with Crippen LogP contribution in [0.1, 0.15) is 11.1 Å². The van der Waals surface area contributed by atoms with Gasteiger partial charge in [-0.15, -0.1) is 0 Å². The second-order valence-corrected chi connectivity index (χ2v) is 8.02. The van der Waals surface area contributed by atoms with Crippen LogP contribution < -0.4 is 15.6 Å². The Bertz CT molecular complexity index is 1080. The van der Waals surface area contributed by atoms with Gasteiger partial charge in [0.1, 0.15) is 5.75 Å². The molecule has 148 valence electrons. The predicted octanol–water partition coefficient (Wildman–Crippen LogP) is 4.91. The summed E-state index contributed by atoms with van der Waals surface area (Å²) >= 11 is 6.96. The molecule has 0 bridgehead atoms. The van der Waals surface area contributed by atoms with E-state index in [0.29, 0.717) is 5.75 Å². The summed E-state index contributed by atoms with van der Waals surface area (Å²) < 4.78 is 7.32. The predicted molar refractivity (Wildman–Crippen MR) is 121 cm³/mol. The molecule has 3 aromatic carbocycles. The number of aryl methyl sites for hydroxylation is 1. The number of fused-ring (bicyclic) bond motifs is 1. The second kappa shape index (κ2) is 9.71. The van der Waals surface area contributed by atoms with Crippen molar-refractivity contribution in [2.24, 2.45) is 0 Å². The topological polar surface area (TPSA) is 67.4 Å². The summed E-state index contributed by atoms with van der Waals surface area (Å²) in [5.74, 6) is -0.359. The fourth-order valence-electron chi connectivity index (χ4n) is 2.56. The van der Waals surface area contributed by atoms with Gasteiger partial charge >= 0.3 is 0 Å². The van der Waals surface area contributed by atoms with Gasteiger partial charge in [0.2, 0.25) is 0 Å². The summed E-state index contributed by atoms with van der Waals surface area (Å²) in [7, 11) is 0.